The SMILES string of the molecule is CC1CCN(C(=O)C2CCN(C(=O)NC3CCCCC34CCCC4)CC2)CC1. The third-order valence-electron chi connectivity index (χ3n) is 8.28. The first-order valence-corrected chi connectivity index (χ1v) is 11.9. The number of hydrogen-bond donors (Lipinski definition) is 1. The minimum absolute atomic E-state index is 0.119. The lowest BCUT2D eigenvalue weighted by Crippen LogP contribution is -2.54. The number of carbonyl (C=O) groups excluding carboxylic acids is 2. The number of rotatable bonds is 2. The van der Waals surface area contributed by atoms with Crippen LogP contribution in [0.5, 0.6) is 0 Å². The number of nitrogens with one attached hydrogen (secondary N) is 1. The van der Waals surface area contributed by atoms with Crippen molar-refractivity contribution < 1.29 is 9.59 Å². The Balaban J connectivity index is 1.26. The molecule has 0 aromatic carbocycles. The van der Waals surface area contributed by atoms with Crippen molar-refractivity contribution in [3.8, 4) is 0 Å². The molecule has 2 aliphatic heterocycles. The zero-order valence-corrected chi connectivity index (χ0v) is 17.8. The first-order chi connectivity index (χ1) is 13.6. The molecule has 2 saturated carbocycles. The number of nitrogens with zero attached hydrogens (tertiary/aromatic N) is 2. The monoisotopic (exact) mass is 389 g/mol. The maximum atomic E-state index is 12.9. The summed E-state index contributed by atoms with van der Waals surface area (Å²) in [5.74, 6) is 1.20. The van der Waals surface area contributed by atoms with Crippen LogP contribution in [0.1, 0.15) is 84.0 Å². The maximum absolute atomic E-state index is 12.9. The predicted molar refractivity (Wildman–Crippen MR) is 111 cm³/mol. The molecule has 3 amide bonds. The molecular weight excluding hydrogens is 350 g/mol. The Bertz CT molecular complexity index is 556. The molecular formula is C23H39N3O2. The zero-order valence-electron chi connectivity index (χ0n) is 17.8. The summed E-state index contributed by atoms with van der Waals surface area (Å²) in [7, 11) is 0. The quantitative estimate of drug-likeness (QED) is 0.771. The predicted octanol–water partition coefficient (Wildman–Crippen LogP) is 4.17. The van der Waals surface area contributed by atoms with E-state index in [4.69, 9.17) is 0 Å². The molecule has 1 unspecified atom stereocenters. The fourth-order valence-corrected chi connectivity index (χ4v) is 6.27. The highest BCUT2D eigenvalue weighted by atomic mass is 16.2. The first-order valence-electron chi connectivity index (χ1n) is 11.9. The smallest absolute Gasteiger partial charge is 0.317 e. The molecule has 5 heteroatoms. The van der Waals surface area contributed by atoms with Crippen LogP contribution in [-0.4, -0.2) is 54.0 Å². The highest BCUT2D eigenvalue weighted by molar-refractivity contribution is 5.80. The minimum Gasteiger partial charge on any atom is -0.342 e. The lowest BCUT2D eigenvalue weighted by Gasteiger charge is -2.43. The number of likely N-dealkylation sites (tertiary alicyclic amines) is 2. The summed E-state index contributed by atoms with van der Waals surface area (Å²) < 4.78 is 0. The van der Waals surface area contributed by atoms with Gasteiger partial charge in [0.15, 0.2) is 0 Å². The van der Waals surface area contributed by atoms with Crippen LogP contribution in [0, 0.1) is 17.3 Å². The van der Waals surface area contributed by atoms with Gasteiger partial charge in [-0.1, -0.05) is 32.6 Å². The van der Waals surface area contributed by atoms with E-state index >= 15 is 0 Å². The van der Waals surface area contributed by atoms with Crippen molar-refractivity contribution in [3.05, 3.63) is 0 Å². The average molecular weight is 390 g/mol. The Hall–Kier alpha value is -1.26. The Morgan fingerprint density at radius 1 is 0.786 bits per heavy atom. The summed E-state index contributed by atoms with van der Waals surface area (Å²) in [6.07, 6.45) is 14.2. The summed E-state index contributed by atoms with van der Waals surface area (Å²) in [4.78, 5) is 29.8. The Morgan fingerprint density at radius 2 is 1.36 bits per heavy atom. The normalized spacial score (nSPS) is 29.2. The maximum Gasteiger partial charge on any atom is 0.317 e. The molecule has 1 N–H and O–H groups in total. The molecule has 0 bridgehead atoms. The van der Waals surface area contributed by atoms with E-state index in [1.807, 2.05) is 4.90 Å². The van der Waals surface area contributed by atoms with E-state index in [1.54, 1.807) is 0 Å². The van der Waals surface area contributed by atoms with Gasteiger partial charge in [-0.3, -0.25) is 4.79 Å². The van der Waals surface area contributed by atoms with Crippen molar-refractivity contribution in [3.63, 3.8) is 0 Å². The van der Waals surface area contributed by atoms with Gasteiger partial charge in [-0.25, -0.2) is 4.79 Å². The molecule has 2 saturated heterocycles. The fraction of sp³-hybridized carbons (Fsp3) is 0.913. The van der Waals surface area contributed by atoms with E-state index in [1.165, 1.54) is 44.9 Å². The summed E-state index contributed by atoms with van der Waals surface area (Å²) >= 11 is 0. The van der Waals surface area contributed by atoms with Crippen molar-refractivity contribution in [2.45, 2.75) is 90.0 Å². The molecule has 1 spiro atoms. The van der Waals surface area contributed by atoms with Crippen LogP contribution in [0.4, 0.5) is 4.79 Å². The van der Waals surface area contributed by atoms with Gasteiger partial charge >= 0.3 is 6.03 Å². The molecule has 2 aliphatic carbocycles. The molecule has 5 nitrogen and oxygen atoms in total. The van der Waals surface area contributed by atoms with E-state index in [0.717, 1.165) is 64.2 Å². The average Bonchev–Trinajstić information content (AvgIpc) is 3.19. The third kappa shape index (κ3) is 4.18. The van der Waals surface area contributed by atoms with Gasteiger partial charge in [0.1, 0.15) is 0 Å². The van der Waals surface area contributed by atoms with Crippen LogP contribution < -0.4 is 5.32 Å². The van der Waals surface area contributed by atoms with Crippen molar-refractivity contribution in [2.24, 2.45) is 17.3 Å². The first kappa shape index (κ1) is 20.0. The third-order valence-corrected chi connectivity index (χ3v) is 8.28. The van der Waals surface area contributed by atoms with Crippen LogP contribution >= 0.6 is 0 Å². The second-order valence-electron chi connectivity index (χ2n) is 10.1. The van der Waals surface area contributed by atoms with Crippen molar-refractivity contribution in [2.75, 3.05) is 26.2 Å². The molecule has 0 aromatic rings. The second-order valence-corrected chi connectivity index (χ2v) is 10.1. The van der Waals surface area contributed by atoms with Crippen molar-refractivity contribution in [1.82, 2.24) is 15.1 Å². The largest absolute Gasteiger partial charge is 0.342 e. The molecule has 4 rings (SSSR count). The van der Waals surface area contributed by atoms with Gasteiger partial charge < -0.3 is 15.1 Å². The topological polar surface area (TPSA) is 52.7 Å². The molecule has 4 fully saturated rings. The fourth-order valence-electron chi connectivity index (χ4n) is 6.27. The van der Waals surface area contributed by atoms with Gasteiger partial charge in [-0.2, -0.15) is 0 Å². The van der Waals surface area contributed by atoms with Gasteiger partial charge in [0.2, 0.25) is 5.91 Å². The summed E-state index contributed by atoms with van der Waals surface area (Å²) in [6, 6.07) is 0.488. The van der Waals surface area contributed by atoms with Gasteiger partial charge in [-0.15, -0.1) is 0 Å². The number of amides is 3. The lowest BCUT2D eigenvalue weighted by atomic mass is 9.69. The van der Waals surface area contributed by atoms with Crippen LogP contribution in [-0.2, 0) is 4.79 Å². The van der Waals surface area contributed by atoms with Crippen LogP contribution in [0.15, 0.2) is 0 Å². The van der Waals surface area contributed by atoms with E-state index in [-0.39, 0.29) is 11.9 Å². The van der Waals surface area contributed by atoms with Crippen LogP contribution in [0.25, 0.3) is 0 Å². The van der Waals surface area contributed by atoms with Crippen molar-refractivity contribution >= 4 is 11.9 Å². The molecule has 28 heavy (non-hydrogen) atoms. The molecule has 2 heterocycles. The standard InChI is InChI=1S/C23H39N3O2/c1-18-7-14-25(15-8-18)21(27)19-9-16-26(17-10-19)22(28)24-20-6-2-3-11-23(20)12-4-5-13-23/h18-20H,2-17H2,1H3,(H,24,28). The molecule has 0 radical (unpaired) electrons. The minimum atomic E-state index is 0.119. The van der Waals surface area contributed by atoms with Gasteiger partial charge in [0.25, 0.3) is 0 Å². The Labute approximate surface area is 170 Å². The highest BCUT2D eigenvalue weighted by Crippen LogP contribution is 2.49. The van der Waals surface area contributed by atoms with Crippen LogP contribution in [0.3, 0.4) is 0 Å². The second kappa shape index (κ2) is 8.62. The van der Waals surface area contributed by atoms with E-state index in [0.29, 0.717) is 17.4 Å². The molecule has 4 aliphatic rings. The number of piperidine rings is 2. The lowest BCUT2D eigenvalue weighted by molar-refractivity contribution is -0.138. The summed E-state index contributed by atoms with van der Waals surface area (Å²) in [6.45, 7) is 5.58. The Morgan fingerprint density at radius 3 is 2.00 bits per heavy atom. The van der Waals surface area contributed by atoms with Gasteiger partial charge in [0.05, 0.1) is 0 Å². The van der Waals surface area contributed by atoms with E-state index in [2.05, 4.69) is 17.1 Å². The number of carbonyl (C=O) groups is 2. The summed E-state index contributed by atoms with van der Waals surface area (Å²) in [5.41, 5.74) is 0.383. The number of hydrogen-bond acceptors (Lipinski definition) is 2. The molecule has 1 atom stereocenters. The van der Waals surface area contributed by atoms with Gasteiger partial charge in [-0.05, 0) is 62.7 Å². The number of urea groups is 1. The van der Waals surface area contributed by atoms with E-state index < -0.39 is 0 Å². The highest BCUT2D eigenvalue weighted by Gasteiger charge is 2.44. The zero-order chi connectivity index (χ0) is 19.6. The van der Waals surface area contributed by atoms with Crippen molar-refractivity contribution in [1.29, 1.82) is 0 Å². The van der Waals surface area contributed by atoms with Gasteiger partial charge in [0, 0.05) is 38.1 Å². The Kier molecular flexibility index (Phi) is 6.17. The van der Waals surface area contributed by atoms with Crippen LogP contribution in [0.2, 0.25) is 0 Å². The molecule has 158 valence electrons. The summed E-state index contributed by atoms with van der Waals surface area (Å²) in [5, 5.41) is 3.43. The van der Waals surface area contributed by atoms with E-state index in [9.17, 15) is 9.59 Å². The molecule has 0 aromatic heterocycles.